The molecule has 0 saturated heterocycles. The summed E-state index contributed by atoms with van der Waals surface area (Å²) in [4.78, 5) is 4.17. The van der Waals surface area contributed by atoms with Gasteiger partial charge in [0, 0.05) is 12.0 Å². The van der Waals surface area contributed by atoms with Crippen LogP contribution in [0.25, 0.3) is 11.5 Å². The van der Waals surface area contributed by atoms with Crippen LogP contribution in [0.3, 0.4) is 0 Å². The highest BCUT2D eigenvalue weighted by Gasteiger charge is 2.10. The van der Waals surface area contributed by atoms with E-state index in [1.165, 1.54) is 12.1 Å². The minimum absolute atomic E-state index is 0.0317. The van der Waals surface area contributed by atoms with Gasteiger partial charge in [0.25, 0.3) is 5.89 Å². The summed E-state index contributed by atoms with van der Waals surface area (Å²) in [5, 5.41) is 3.84. The number of hydrogen-bond acceptors (Lipinski definition) is 4. The van der Waals surface area contributed by atoms with E-state index >= 15 is 0 Å². The SMILES string of the molecule is NCCCc1noc(-c2ccc(F)c(Cl)c2)n1. The van der Waals surface area contributed by atoms with Gasteiger partial charge in [0.2, 0.25) is 0 Å². The quantitative estimate of drug-likeness (QED) is 0.911. The van der Waals surface area contributed by atoms with Crippen molar-refractivity contribution >= 4 is 11.6 Å². The van der Waals surface area contributed by atoms with E-state index < -0.39 is 5.82 Å². The van der Waals surface area contributed by atoms with Crippen LogP contribution in [0.15, 0.2) is 22.7 Å². The van der Waals surface area contributed by atoms with Gasteiger partial charge in [-0.25, -0.2) is 4.39 Å². The highest BCUT2D eigenvalue weighted by atomic mass is 35.5. The summed E-state index contributed by atoms with van der Waals surface area (Å²) >= 11 is 5.67. The van der Waals surface area contributed by atoms with Gasteiger partial charge >= 0.3 is 0 Å². The summed E-state index contributed by atoms with van der Waals surface area (Å²) in [5.41, 5.74) is 5.99. The second-order valence-corrected chi connectivity index (χ2v) is 3.94. The minimum Gasteiger partial charge on any atom is -0.334 e. The molecule has 2 N–H and O–H groups in total. The monoisotopic (exact) mass is 255 g/mol. The molecule has 4 nitrogen and oxygen atoms in total. The van der Waals surface area contributed by atoms with Gasteiger partial charge in [-0.3, -0.25) is 0 Å². The molecule has 17 heavy (non-hydrogen) atoms. The Morgan fingerprint density at radius 1 is 1.41 bits per heavy atom. The number of aryl methyl sites for hydroxylation is 1. The summed E-state index contributed by atoms with van der Waals surface area (Å²) in [7, 11) is 0. The van der Waals surface area contributed by atoms with E-state index in [4.69, 9.17) is 21.9 Å². The predicted octanol–water partition coefficient (Wildman–Crippen LogP) is 2.42. The third kappa shape index (κ3) is 2.81. The van der Waals surface area contributed by atoms with Gasteiger partial charge in [-0.1, -0.05) is 16.8 Å². The van der Waals surface area contributed by atoms with Crippen molar-refractivity contribution in [1.82, 2.24) is 10.1 Å². The van der Waals surface area contributed by atoms with Gasteiger partial charge in [-0.15, -0.1) is 0 Å². The molecule has 1 heterocycles. The maximum atomic E-state index is 13.0. The van der Waals surface area contributed by atoms with E-state index in [1.54, 1.807) is 6.07 Å². The van der Waals surface area contributed by atoms with Crippen LogP contribution in [0.2, 0.25) is 5.02 Å². The van der Waals surface area contributed by atoms with Crippen molar-refractivity contribution in [1.29, 1.82) is 0 Å². The fraction of sp³-hybridized carbons (Fsp3) is 0.273. The van der Waals surface area contributed by atoms with E-state index in [2.05, 4.69) is 10.1 Å². The van der Waals surface area contributed by atoms with Crippen molar-refractivity contribution in [3.63, 3.8) is 0 Å². The van der Waals surface area contributed by atoms with E-state index in [0.29, 0.717) is 30.2 Å². The highest BCUT2D eigenvalue weighted by Crippen LogP contribution is 2.23. The van der Waals surface area contributed by atoms with E-state index in [0.717, 1.165) is 6.42 Å². The molecule has 1 aromatic heterocycles. The number of nitrogens with zero attached hydrogens (tertiary/aromatic N) is 2. The average Bonchev–Trinajstić information content (AvgIpc) is 2.79. The third-order valence-corrected chi connectivity index (χ3v) is 2.53. The molecular formula is C11H11ClFN3O. The summed E-state index contributed by atoms with van der Waals surface area (Å²) < 4.78 is 18.0. The van der Waals surface area contributed by atoms with Crippen LogP contribution in [0.4, 0.5) is 4.39 Å². The predicted molar refractivity (Wildman–Crippen MR) is 62.1 cm³/mol. The van der Waals surface area contributed by atoms with Crippen molar-refractivity contribution < 1.29 is 8.91 Å². The molecule has 0 atom stereocenters. The first-order valence-electron chi connectivity index (χ1n) is 5.19. The zero-order valence-corrected chi connectivity index (χ0v) is 9.75. The van der Waals surface area contributed by atoms with Gasteiger partial charge in [-0.2, -0.15) is 4.98 Å². The Bertz CT molecular complexity index is 515. The van der Waals surface area contributed by atoms with Crippen LogP contribution in [-0.4, -0.2) is 16.7 Å². The van der Waals surface area contributed by atoms with Crippen LogP contribution >= 0.6 is 11.6 Å². The normalized spacial score (nSPS) is 10.8. The molecule has 0 spiro atoms. The molecule has 0 radical (unpaired) electrons. The zero-order chi connectivity index (χ0) is 12.3. The summed E-state index contributed by atoms with van der Waals surface area (Å²) in [6, 6.07) is 4.26. The average molecular weight is 256 g/mol. The Hall–Kier alpha value is -1.46. The second kappa shape index (κ2) is 5.25. The molecule has 90 valence electrons. The van der Waals surface area contributed by atoms with Crippen molar-refractivity contribution in [3.8, 4) is 11.5 Å². The molecule has 0 amide bonds. The maximum Gasteiger partial charge on any atom is 0.257 e. The fourth-order valence-electron chi connectivity index (χ4n) is 1.36. The Balaban J connectivity index is 2.21. The smallest absolute Gasteiger partial charge is 0.257 e. The molecule has 0 aliphatic heterocycles. The van der Waals surface area contributed by atoms with Crippen LogP contribution in [0.5, 0.6) is 0 Å². The van der Waals surface area contributed by atoms with Crippen molar-refractivity contribution in [3.05, 3.63) is 34.9 Å². The Morgan fingerprint density at radius 2 is 2.24 bits per heavy atom. The van der Waals surface area contributed by atoms with Crippen LogP contribution in [0.1, 0.15) is 12.2 Å². The summed E-state index contributed by atoms with van der Waals surface area (Å²) in [5.74, 6) is 0.447. The van der Waals surface area contributed by atoms with Crippen molar-refractivity contribution in [2.45, 2.75) is 12.8 Å². The topological polar surface area (TPSA) is 64.9 Å². The molecule has 1 aromatic carbocycles. The van der Waals surface area contributed by atoms with Gasteiger partial charge in [0.05, 0.1) is 5.02 Å². The Labute approximate surface area is 103 Å². The van der Waals surface area contributed by atoms with Gasteiger partial charge in [-0.05, 0) is 31.2 Å². The maximum absolute atomic E-state index is 13.0. The Morgan fingerprint density at radius 3 is 2.94 bits per heavy atom. The molecule has 6 heteroatoms. The molecule has 0 bridgehead atoms. The second-order valence-electron chi connectivity index (χ2n) is 3.54. The van der Waals surface area contributed by atoms with Crippen molar-refractivity contribution in [2.24, 2.45) is 5.73 Å². The molecule has 2 aromatic rings. The molecule has 0 aliphatic carbocycles. The molecule has 0 aliphatic rings. The first kappa shape index (κ1) is 12.0. The summed E-state index contributed by atoms with van der Waals surface area (Å²) in [6.45, 7) is 0.576. The lowest BCUT2D eigenvalue weighted by Gasteiger charge is -1.96. The highest BCUT2D eigenvalue weighted by molar-refractivity contribution is 6.31. The number of rotatable bonds is 4. The Kier molecular flexibility index (Phi) is 3.71. The first-order chi connectivity index (χ1) is 8.20. The number of halogens is 2. The fourth-order valence-corrected chi connectivity index (χ4v) is 1.54. The van der Waals surface area contributed by atoms with Crippen LogP contribution < -0.4 is 5.73 Å². The van der Waals surface area contributed by atoms with Gasteiger partial charge < -0.3 is 10.3 Å². The minimum atomic E-state index is -0.474. The van der Waals surface area contributed by atoms with E-state index in [9.17, 15) is 4.39 Å². The zero-order valence-electron chi connectivity index (χ0n) is 8.99. The van der Waals surface area contributed by atoms with Crippen molar-refractivity contribution in [2.75, 3.05) is 6.54 Å². The van der Waals surface area contributed by atoms with E-state index in [1.807, 2.05) is 0 Å². The molecule has 2 rings (SSSR count). The number of benzene rings is 1. The van der Waals surface area contributed by atoms with E-state index in [-0.39, 0.29) is 5.02 Å². The number of nitrogens with two attached hydrogens (primary N) is 1. The standard InChI is InChI=1S/C11H11ClFN3O/c12-8-6-7(3-4-9(8)13)11-15-10(16-17-11)2-1-5-14/h3-4,6H,1-2,5,14H2. The largest absolute Gasteiger partial charge is 0.334 e. The molecule has 0 saturated carbocycles. The van der Waals surface area contributed by atoms with Gasteiger partial charge in [0.15, 0.2) is 5.82 Å². The lowest BCUT2D eigenvalue weighted by atomic mass is 10.2. The number of hydrogen-bond donors (Lipinski definition) is 1. The summed E-state index contributed by atoms with van der Waals surface area (Å²) in [6.07, 6.45) is 1.46. The first-order valence-corrected chi connectivity index (χ1v) is 5.56. The lowest BCUT2D eigenvalue weighted by Crippen LogP contribution is -2.01. The number of aromatic nitrogens is 2. The third-order valence-electron chi connectivity index (χ3n) is 2.24. The molecular weight excluding hydrogens is 245 g/mol. The molecule has 0 unspecified atom stereocenters. The lowest BCUT2D eigenvalue weighted by molar-refractivity contribution is 0.421. The van der Waals surface area contributed by atoms with Gasteiger partial charge in [0.1, 0.15) is 5.82 Å². The molecule has 0 fully saturated rings. The van der Waals surface area contributed by atoms with Crippen LogP contribution in [0, 0.1) is 5.82 Å². The van der Waals surface area contributed by atoms with Crippen LogP contribution in [-0.2, 0) is 6.42 Å².